The number of carbonyl (C=O) groups is 2. The number of rotatable bonds is 6. The summed E-state index contributed by atoms with van der Waals surface area (Å²) < 4.78 is 4.56. The summed E-state index contributed by atoms with van der Waals surface area (Å²) in [7, 11) is 1.28. The van der Waals surface area contributed by atoms with Crippen LogP contribution in [0.3, 0.4) is 0 Å². The summed E-state index contributed by atoms with van der Waals surface area (Å²) in [5.41, 5.74) is 10.4. The Morgan fingerprint density at radius 2 is 2.06 bits per heavy atom. The first-order valence-corrected chi connectivity index (χ1v) is 4.94. The number of guanidine groups is 1. The van der Waals surface area contributed by atoms with E-state index in [9.17, 15) is 9.59 Å². The lowest BCUT2D eigenvalue weighted by Gasteiger charge is -2.14. The van der Waals surface area contributed by atoms with Gasteiger partial charge in [0.1, 0.15) is 6.04 Å². The summed E-state index contributed by atoms with van der Waals surface area (Å²) in [4.78, 5) is 24.8. The summed E-state index contributed by atoms with van der Waals surface area (Å²) in [5.74, 6) is -0.595. The van der Waals surface area contributed by atoms with E-state index in [0.29, 0.717) is 19.4 Å². The van der Waals surface area contributed by atoms with Gasteiger partial charge in [-0.05, 0) is 12.8 Å². The van der Waals surface area contributed by atoms with Crippen LogP contribution < -0.4 is 21.8 Å². The smallest absolute Gasteiger partial charge is 0.338 e. The minimum absolute atomic E-state index is 0.133. The van der Waals surface area contributed by atoms with Gasteiger partial charge in [0, 0.05) is 6.92 Å². The molecule has 0 saturated heterocycles. The molecule has 92 valence electrons. The van der Waals surface area contributed by atoms with Crippen molar-refractivity contribution in [2.75, 3.05) is 13.7 Å². The molecule has 0 aliphatic carbocycles. The van der Waals surface area contributed by atoms with Crippen molar-refractivity contribution >= 4 is 17.8 Å². The van der Waals surface area contributed by atoms with Crippen LogP contribution >= 0.6 is 0 Å². The second-order valence-corrected chi connectivity index (χ2v) is 3.30. The lowest BCUT2D eigenvalue weighted by Crippen LogP contribution is -2.78. The third-order valence-electron chi connectivity index (χ3n) is 1.86. The Morgan fingerprint density at radius 1 is 1.44 bits per heavy atom. The van der Waals surface area contributed by atoms with Gasteiger partial charge in [0.25, 0.3) is 0 Å². The van der Waals surface area contributed by atoms with Gasteiger partial charge in [0.15, 0.2) is 0 Å². The van der Waals surface area contributed by atoms with E-state index in [1.54, 1.807) is 0 Å². The maximum atomic E-state index is 11.3. The van der Waals surface area contributed by atoms with Crippen molar-refractivity contribution in [1.29, 1.82) is 0 Å². The minimum Gasteiger partial charge on any atom is -0.467 e. The van der Waals surface area contributed by atoms with Crippen LogP contribution in [0.15, 0.2) is 0 Å². The number of nitrogens with two attached hydrogens (primary N) is 2. The molecule has 6 N–H and O–H groups in total. The van der Waals surface area contributed by atoms with Crippen LogP contribution in [-0.4, -0.2) is 37.5 Å². The third kappa shape index (κ3) is 6.63. The molecule has 0 heterocycles. The molecule has 0 bridgehead atoms. The first-order valence-electron chi connectivity index (χ1n) is 4.94. The van der Waals surface area contributed by atoms with Crippen LogP contribution in [0.25, 0.3) is 0 Å². The normalized spacial score (nSPS) is 11.4. The molecule has 0 saturated carbocycles. The largest absolute Gasteiger partial charge is 0.467 e. The second-order valence-electron chi connectivity index (χ2n) is 3.30. The monoisotopic (exact) mass is 231 g/mol. The lowest BCUT2D eigenvalue weighted by atomic mass is 10.1. The number of amides is 1. The highest BCUT2D eigenvalue weighted by molar-refractivity contribution is 5.83. The maximum Gasteiger partial charge on any atom is 0.338 e. The number of ether oxygens (including phenoxy) is 1. The number of nitrogens with one attached hydrogen (secondary N) is 2. The van der Waals surface area contributed by atoms with Crippen molar-refractivity contribution in [3.8, 4) is 0 Å². The highest BCUT2D eigenvalue weighted by Crippen LogP contribution is 1.98. The van der Waals surface area contributed by atoms with Gasteiger partial charge >= 0.3 is 11.9 Å². The molecular weight excluding hydrogens is 212 g/mol. The van der Waals surface area contributed by atoms with Gasteiger partial charge in [-0.25, -0.2) is 4.79 Å². The third-order valence-corrected chi connectivity index (χ3v) is 1.86. The van der Waals surface area contributed by atoms with E-state index in [2.05, 4.69) is 15.0 Å². The summed E-state index contributed by atoms with van der Waals surface area (Å²) in [6, 6.07) is -0.622. The highest BCUT2D eigenvalue weighted by atomic mass is 16.5. The van der Waals surface area contributed by atoms with E-state index >= 15 is 0 Å². The molecule has 7 nitrogen and oxygen atoms in total. The van der Waals surface area contributed by atoms with E-state index in [1.165, 1.54) is 14.0 Å². The van der Waals surface area contributed by atoms with Gasteiger partial charge in [0.05, 0.1) is 13.7 Å². The standard InChI is InChI=1S/C9H18N4O3/c1-6(14)13-7(8(15)16-2)4-3-5-12-9(10)11/h7H,3-5H2,1-2H3,(H,13,14)(H4,10,11,12)/p+1/t7-/m0/s1. The van der Waals surface area contributed by atoms with E-state index in [1.807, 2.05) is 0 Å². The van der Waals surface area contributed by atoms with Crippen molar-refractivity contribution in [3.05, 3.63) is 0 Å². The Bertz CT molecular complexity index is 274. The van der Waals surface area contributed by atoms with E-state index in [4.69, 9.17) is 11.5 Å². The van der Waals surface area contributed by atoms with Crippen molar-refractivity contribution in [1.82, 2.24) is 5.32 Å². The average Bonchev–Trinajstić information content (AvgIpc) is 2.20. The molecule has 0 aliphatic rings. The number of hydrogen-bond acceptors (Lipinski definition) is 3. The Labute approximate surface area is 94.2 Å². The summed E-state index contributed by atoms with van der Waals surface area (Å²) in [6.45, 7) is 1.88. The van der Waals surface area contributed by atoms with Crippen LogP contribution in [0.4, 0.5) is 0 Å². The SMILES string of the molecule is COC(=O)[C@H](CCC[NH+]=C(N)N)NC(C)=O. The Hall–Kier alpha value is -1.79. The fourth-order valence-electron chi connectivity index (χ4n) is 1.18. The molecule has 0 radical (unpaired) electrons. The lowest BCUT2D eigenvalue weighted by molar-refractivity contribution is -0.459. The molecule has 0 aliphatic heterocycles. The number of carbonyl (C=O) groups excluding carboxylic acids is 2. The fraction of sp³-hybridized carbons (Fsp3) is 0.667. The predicted octanol–water partition coefficient (Wildman–Crippen LogP) is -3.20. The van der Waals surface area contributed by atoms with Gasteiger partial charge < -0.3 is 10.1 Å². The van der Waals surface area contributed by atoms with E-state index < -0.39 is 12.0 Å². The molecule has 0 aromatic heterocycles. The Balaban J connectivity index is 4.07. The van der Waals surface area contributed by atoms with Crippen LogP contribution in [0.1, 0.15) is 19.8 Å². The molecule has 0 aromatic rings. The zero-order chi connectivity index (χ0) is 12.6. The highest BCUT2D eigenvalue weighted by Gasteiger charge is 2.19. The molecule has 0 aromatic carbocycles. The molecule has 0 rings (SSSR count). The molecular formula is C9H19N4O3+. The van der Waals surface area contributed by atoms with Gasteiger partial charge in [-0.3, -0.25) is 21.3 Å². The number of methoxy groups -OCH3 is 1. The quantitative estimate of drug-likeness (QED) is 0.166. The summed E-state index contributed by atoms with van der Waals surface area (Å²) in [6.07, 6.45) is 1.10. The number of esters is 1. The first kappa shape index (κ1) is 14.2. The van der Waals surface area contributed by atoms with Crippen molar-refractivity contribution < 1.29 is 19.3 Å². The number of hydrogen-bond donors (Lipinski definition) is 4. The van der Waals surface area contributed by atoms with Gasteiger partial charge in [-0.1, -0.05) is 0 Å². The van der Waals surface area contributed by atoms with Gasteiger partial charge in [-0.15, -0.1) is 0 Å². The molecule has 7 heteroatoms. The Kier molecular flexibility index (Phi) is 6.66. The summed E-state index contributed by atoms with van der Waals surface area (Å²) in [5, 5.41) is 2.51. The fourth-order valence-corrected chi connectivity index (χ4v) is 1.18. The molecule has 0 fully saturated rings. The van der Waals surface area contributed by atoms with Crippen molar-refractivity contribution in [3.63, 3.8) is 0 Å². The molecule has 0 spiro atoms. The molecule has 16 heavy (non-hydrogen) atoms. The van der Waals surface area contributed by atoms with Crippen molar-refractivity contribution in [2.24, 2.45) is 11.5 Å². The van der Waals surface area contributed by atoms with Gasteiger partial charge in [-0.2, -0.15) is 0 Å². The van der Waals surface area contributed by atoms with Gasteiger partial charge in [0.2, 0.25) is 5.91 Å². The summed E-state index contributed by atoms with van der Waals surface area (Å²) >= 11 is 0. The Morgan fingerprint density at radius 3 is 2.50 bits per heavy atom. The van der Waals surface area contributed by atoms with Crippen LogP contribution in [-0.2, 0) is 14.3 Å². The van der Waals surface area contributed by atoms with Crippen LogP contribution in [0.2, 0.25) is 0 Å². The first-order chi connectivity index (χ1) is 7.47. The zero-order valence-electron chi connectivity index (χ0n) is 9.58. The van der Waals surface area contributed by atoms with Crippen LogP contribution in [0.5, 0.6) is 0 Å². The molecule has 0 unspecified atom stereocenters. The second kappa shape index (κ2) is 7.49. The van der Waals surface area contributed by atoms with E-state index in [0.717, 1.165) is 0 Å². The zero-order valence-corrected chi connectivity index (χ0v) is 9.58. The maximum absolute atomic E-state index is 11.3. The minimum atomic E-state index is -0.622. The predicted molar refractivity (Wildman–Crippen MR) is 58.1 cm³/mol. The average molecular weight is 231 g/mol. The topological polar surface area (TPSA) is 121 Å². The molecule has 1 amide bonds. The van der Waals surface area contributed by atoms with Crippen molar-refractivity contribution in [2.45, 2.75) is 25.8 Å². The molecule has 1 atom stereocenters. The van der Waals surface area contributed by atoms with Crippen LogP contribution in [0, 0.1) is 0 Å². The van der Waals surface area contributed by atoms with E-state index in [-0.39, 0.29) is 11.9 Å².